The van der Waals surface area contributed by atoms with Gasteiger partial charge in [0.1, 0.15) is 5.58 Å². The third-order valence-corrected chi connectivity index (χ3v) is 8.52. The van der Waals surface area contributed by atoms with E-state index in [1.165, 1.54) is 17.0 Å². The van der Waals surface area contributed by atoms with Crippen molar-refractivity contribution in [3.8, 4) is 5.75 Å². The van der Waals surface area contributed by atoms with Crippen LogP contribution in [0.15, 0.2) is 39.5 Å². The van der Waals surface area contributed by atoms with Crippen molar-refractivity contribution in [1.82, 2.24) is 9.80 Å². The molecule has 12 heteroatoms. The molecule has 1 amide bonds. The Bertz CT molecular complexity index is 1560. The first-order valence-electron chi connectivity index (χ1n) is 13.3. The highest BCUT2D eigenvalue weighted by molar-refractivity contribution is 7.99. The maximum absolute atomic E-state index is 13.3. The van der Waals surface area contributed by atoms with E-state index in [-0.39, 0.29) is 23.3 Å². The Morgan fingerprint density at radius 1 is 1.12 bits per heavy atom. The molecular formula is C29H33F3N4O4S. The summed E-state index contributed by atoms with van der Waals surface area (Å²) in [4.78, 5) is 32.7. The third-order valence-electron chi connectivity index (χ3n) is 8.10. The van der Waals surface area contributed by atoms with Gasteiger partial charge in [-0.1, -0.05) is 11.9 Å². The van der Waals surface area contributed by atoms with Gasteiger partial charge in [0.15, 0.2) is 5.75 Å². The Morgan fingerprint density at radius 2 is 1.88 bits per heavy atom. The minimum absolute atomic E-state index is 0.000161. The van der Waals surface area contributed by atoms with Gasteiger partial charge in [-0.2, -0.15) is 0 Å². The minimum atomic E-state index is -4.92. The number of hydrogen-bond donors (Lipinski definition) is 1. The maximum Gasteiger partial charge on any atom is 0.573 e. The van der Waals surface area contributed by atoms with Gasteiger partial charge in [-0.3, -0.25) is 9.69 Å². The molecule has 0 aliphatic carbocycles. The molecule has 220 valence electrons. The van der Waals surface area contributed by atoms with Crippen LogP contribution in [0.25, 0.3) is 11.0 Å². The number of anilines is 2. The summed E-state index contributed by atoms with van der Waals surface area (Å²) in [6.45, 7) is 9.31. The molecule has 1 N–H and O–H groups in total. The Balaban J connectivity index is 1.43. The van der Waals surface area contributed by atoms with E-state index in [9.17, 15) is 22.8 Å². The molecule has 0 saturated carbocycles. The predicted molar refractivity (Wildman–Crippen MR) is 155 cm³/mol. The number of ether oxygens (including phenoxy) is 1. The van der Waals surface area contributed by atoms with Gasteiger partial charge in [-0.05, 0) is 70.1 Å². The fourth-order valence-electron chi connectivity index (χ4n) is 5.66. The highest BCUT2D eigenvalue weighted by atomic mass is 32.2. The molecule has 0 bridgehead atoms. The van der Waals surface area contributed by atoms with Crippen molar-refractivity contribution in [3.63, 3.8) is 0 Å². The number of fused-ring (bicyclic) bond motifs is 3. The number of carbonyl (C=O) groups is 1. The smallest absolute Gasteiger partial charge is 0.422 e. The van der Waals surface area contributed by atoms with Crippen molar-refractivity contribution in [2.75, 3.05) is 49.1 Å². The quantitative estimate of drug-likeness (QED) is 0.312. The second kappa shape index (κ2) is 10.8. The van der Waals surface area contributed by atoms with Crippen LogP contribution in [0.1, 0.15) is 40.9 Å². The van der Waals surface area contributed by atoms with E-state index in [1.54, 1.807) is 6.26 Å². The van der Waals surface area contributed by atoms with Crippen LogP contribution in [-0.4, -0.2) is 67.1 Å². The van der Waals surface area contributed by atoms with E-state index in [0.717, 1.165) is 59.8 Å². The molecule has 1 fully saturated rings. The Labute approximate surface area is 240 Å². The lowest BCUT2D eigenvalue weighted by atomic mass is 9.94. The number of carbonyl (C=O) groups excluding carboxylic acids is 1. The zero-order valence-corrected chi connectivity index (χ0v) is 24.5. The number of rotatable bonds is 5. The second-order valence-corrected chi connectivity index (χ2v) is 11.7. The van der Waals surface area contributed by atoms with Crippen LogP contribution in [0.3, 0.4) is 0 Å². The van der Waals surface area contributed by atoms with Crippen molar-refractivity contribution in [1.29, 1.82) is 0 Å². The molecule has 41 heavy (non-hydrogen) atoms. The molecule has 5 rings (SSSR count). The Kier molecular flexibility index (Phi) is 7.66. The van der Waals surface area contributed by atoms with Crippen LogP contribution in [0.4, 0.5) is 24.5 Å². The molecule has 3 aromatic rings. The number of nitrogens with zero attached hydrogens (tertiary/aromatic N) is 3. The van der Waals surface area contributed by atoms with Gasteiger partial charge >= 0.3 is 12.0 Å². The van der Waals surface area contributed by atoms with Crippen molar-refractivity contribution >= 4 is 40.2 Å². The van der Waals surface area contributed by atoms with Crippen LogP contribution in [-0.2, 0) is 13.0 Å². The Hall–Kier alpha value is -3.38. The number of piperazine rings is 1. The number of aryl methyl sites for hydroxylation is 1. The zero-order chi connectivity index (χ0) is 29.7. The Morgan fingerprint density at radius 3 is 2.56 bits per heavy atom. The lowest BCUT2D eigenvalue weighted by molar-refractivity contribution is -0.274. The van der Waals surface area contributed by atoms with Crippen LogP contribution < -0.4 is 20.0 Å². The first kappa shape index (κ1) is 29.1. The molecule has 0 unspecified atom stereocenters. The monoisotopic (exact) mass is 590 g/mol. The van der Waals surface area contributed by atoms with E-state index in [4.69, 9.17) is 4.42 Å². The normalized spacial score (nSPS) is 17.5. The first-order valence-corrected chi connectivity index (χ1v) is 14.5. The van der Waals surface area contributed by atoms with E-state index in [2.05, 4.69) is 46.2 Å². The van der Waals surface area contributed by atoms with Gasteiger partial charge in [-0.15, -0.1) is 13.2 Å². The van der Waals surface area contributed by atoms with E-state index in [0.29, 0.717) is 24.1 Å². The van der Waals surface area contributed by atoms with E-state index in [1.807, 2.05) is 13.0 Å². The molecule has 0 atom stereocenters. The summed E-state index contributed by atoms with van der Waals surface area (Å²) in [7, 11) is 2.12. The number of benzene rings is 2. The highest BCUT2D eigenvalue weighted by Gasteiger charge is 2.34. The fourth-order valence-corrected chi connectivity index (χ4v) is 6.04. The van der Waals surface area contributed by atoms with Gasteiger partial charge in [0.2, 0.25) is 0 Å². The summed E-state index contributed by atoms with van der Waals surface area (Å²) in [5.74, 6) is -1.00. The zero-order valence-electron chi connectivity index (χ0n) is 23.6. The lowest BCUT2D eigenvalue weighted by Gasteiger charge is -2.46. The third kappa shape index (κ3) is 5.72. The summed E-state index contributed by atoms with van der Waals surface area (Å²) in [6.07, 6.45) is -2.84. The number of halogens is 3. The van der Waals surface area contributed by atoms with Gasteiger partial charge in [0, 0.05) is 60.2 Å². The number of likely N-dealkylation sites (N-methyl/N-ethyl adjacent to an activating group) is 1. The largest absolute Gasteiger partial charge is 0.573 e. The van der Waals surface area contributed by atoms with Crippen molar-refractivity contribution in [2.24, 2.45) is 0 Å². The van der Waals surface area contributed by atoms with Gasteiger partial charge in [0.05, 0.1) is 17.8 Å². The number of nitrogens with one attached hydrogen (secondary N) is 1. The molecule has 1 aromatic heterocycles. The summed E-state index contributed by atoms with van der Waals surface area (Å²) < 4.78 is 51.7. The van der Waals surface area contributed by atoms with Gasteiger partial charge < -0.3 is 23.7 Å². The molecular weight excluding hydrogens is 557 g/mol. The van der Waals surface area contributed by atoms with Gasteiger partial charge in [-0.25, -0.2) is 4.79 Å². The van der Waals surface area contributed by atoms with Crippen LogP contribution in [0, 0.1) is 6.92 Å². The molecule has 1 saturated heterocycles. The summed E-state index contributed by atoms with van der Waals surface area (Å²) in [5, 5.41) is 0.842. The molecule has 2 aliphatic heterocycles. The van der Waals surface area contributed by atoms with Crippen LogP contribution >= 0.6 is 11.9 Å². The first-order chi connectivity index (χ1) is 19.3. The molecule has 8 nitrogen and oxygen atoms in total. The SMILES string of the molecule is CSNc1ccc(C(=O)N2CCc3c(c(=O)oc4c(C)c(N5CCN(C)C(C)(C)C5)ccc34)C2)cc1OC(F)(F)F. The second-order valence-electron chi connectivity index (χ2n) is 11.1. The molecule has 0 radical (unpaired) electrons. The maximum atomic E-state index is 13.3. The summed E-state index contributed by atoms with van der Waals surface area (Å²) >= 11 is 1.10. The number of alkyl halides is 3. The number of hydrogen-bond acceptors (Lipinski definition) is 8. The topological polar surface area (TPSA) is 78.3 Å². The van der Waals surface area contributed by atoms with Crippen LogP contribution in [0.5, 0.6) is 5.75 Å². The average Bonchev–Trinajstić information content (AvgIpc) is 2.90. The van der Waals surface area contributed by atoms with Gasteiger partial charge in [0.25, 0.3) is 5.91 Å². The standard InChI is InChI=1S/C29H33F3N4O4S/c1-17-23(36-13-12-34(4)28(2,3)16-36)9-7-20-19-10-11-35(15-21(19)27(38)39-25(17)20)26(37)18-6-8-22(33-41-5)24(14-18)40-29(30,31)32/h6-9,14,33H,10-13,15-16H2,1-5H3. The van der Waals surface area contributed by atoms with Crippen LogP contribution in [0.2, 0.25) is 0 Å². The van der Waals surface area contributed by atoms with Crippen molar-refractivity contribution in [2.45, 2.75) is 45.6 Å². The highest BCUT2D eigenvalue weighted by Crippen LogP contribution is 2.36. The van der Waals surface area contributed by atoms with Crippen molar-refractivity contribution in [3.05, 3.63) is 63.0 Å². The van der Waals surface area contributed by atoms with Crippen molar-refractivity contribution < 1.29 is 27.1 Å². The fraction of sp³-hybridized carbons (Fsp3) is 0.448. The summed E-state index contributed by atoms with van der Waals surface area (Å²) in [5.41, 5.74) is 3.32. The van der Waals surface area contributed by atoms with E-state index < -0.39 is 23.6 Å². The summed E-state index contributed by atoms with van der Waals surface area (Å²) in [6, 6.07) is 7.93. The molecule has 2 aliphatic rings. The minimum Gasteiger partial charge on any atom is -0.422 e. The average molecular weight is 591 g/mol. The predicted octanol–water partition coefficient (Wildman–Crippen LogP) is 5.42. The number of amides is 1. The molecule has 3 heterocycles. The lowest BCUT2D eigenvalue weighted by Crippen LogP contribution is -2.57. The van der Waals surface area contributed by atoms with E-state index >= 15 is 0 Å². The molecule has 2 aromatic carbocycles. The molecule has 0 spiro atoms.